The summed E-state index contributed by atoms with van der Waals surface area (Å²) < 4.78 is 35.3. The van der Waals surface area contributed by atoms with Crippen molar-refractivity contribution in [2.45, 2.75) is 51.2 Å². The Kier molecular flexibility index (Phi) is 8.78. The highest BCUT2D eigenvalue weighted by Crippen LogP contribution is 2.39. The maximum atomic E-state index is 14.7. The summed E-state index contributed by atoms with van der Waals surface area (Å²) in [5.74, 6) is -1.72. The summed E-state index contributed by atoms with van der Waals surface area (Å²) in [6.45, 7) is 4.15. The number of rotatable bonds is 7. The fourth-order valence-electron chi connectivity index (χ4n) is 5.16. The molecule has 5 atom stereocenters. The van der Waals surface area contributed by atoms with Gasteiger partial charge in [0.25, 0.3) is 5.91 Å². The predicted octanol–water partition coefficient (Wildman–Crippen LogP) is 4.62. The van der Waals surface area contributed by atoms with E-state index in [1.165, 1.54) is 12.1 Å². The van der Waals surface area contributed by atoms with Gasteiger partial charge in [-0.3, -0.25) is 9.78 Å². The van der Waals surface area contributed by atoms with Crippen molar-refractivity contribution in [3.63, 3.8) is 0 Å². The third-order valence-corrected chi connectivity index (χ3v) is 7.30. The number of amides is 1. The summed E-state index contributed by atoms with van der Waals surface area (Å²) in [4.78, 5) is 21.5. The maximum Gasteiger partial charge on any atom is 0.274 e. The summed E-state index contributed by atoms with van der Waals surface area (Å²) in [7, 11) is 2.39. The molecule has 1 aliphatic carbocycles. The molecule has 7 nitrogen and oxygen atoms in total. The normalized spacial score (nSPS) is 21.1. The van der Waals surface area contributed by atoms with Crippen LogP contribution in [0.4, 0.5) is 14.5 Å². The molecule has 1 aromatic carbocycles. The topological polar surface area (TPSA) is 114 Å². The zero-order valence-corrected chi connectivity index (χ0v) is 22.4. The van der Waals surface area contributed by atoms with E-state index in [1.807, 2.05) is 6.07 Å². The van der Waals surface area contributed by atoms with E-state index in [9.17, 15) is 13.6 Å². The molecule has 0 saturated heterocycles. The van der Waals surface area contributed by atoms with E-state index in [2.05, 4.69) is 37.5 Å². The van der Waals surface area contributed by atoms with Crippen molar-refractivity contribution in [3.05, 3.63) is 71.2 Å². The van der Waals surface area contributed by atoms with Crippen LogP contribution in [0.15, 0.2) is 42.7 Å². The van der Waals surface area contributed by atoms with Crippen molar-refractivity contribution < 1.29 is 18.3 Å². The second-order valence-corrected chi connectivity index (χ2v) is 10.3. The van der Waals surface area contributed by atoms with E-state index in [1.54, 1.807) is 25.4 Å². The van der Waals surface area contributed by atoms with Crippen molar-refractivity contribution >= 4 is 26.1 Å². The van der Waals surface area contributed by atoms with E-state index in [0.717, 1.165) is 18.1 Å². The number of anilines is 1. The molecule has 2 aromatic heterocycles. The SMILES string of the molecule is Cc1cc(F)c(-c2nc(C(=O)Nc3cnccc3C3CC(C)C(OCCC#N)C(N)C3)ccc2F)c(P)c1. The van der Waals surface area contributed by atoms with Crippen LogP contribution in [0.2, 0.25) is 0 Å². The van der Waals surface area contributed by atoms with Crippen molar-refractivity contribution in [3.8, 4) is 17.3 Å². The predicted molar refractivity (Wildman–Crippen MR) is 145 cm³/mol. The summed E-state index contributed by atoms with van der Waals surface area (Å²) >= 11 is 0. The molecule has 4 rings (SSSR count). The van der Waals surface area contributed by atoms with Gasteiger partial charge in [-0.25, -0.2) is 13.8 Å². The number of halogens is 2. The zero-order chi connectivity index (χ0) is 27.4. The van der Waals surface area contributed by atoms with Gasteiger partial charge in [-0.1, -0.05) is 13.0 Å². The third-order valence-electron chi connectivity index (χ3n) is 6.84. The van der Waals surface area contributed by atoms with Crippen LogP contribution in [0.3, 0.4) is 0 Å². The van der Waals surface area contributed by atoms with Gasteiger partial charge in [0.1, 0.15) is 23.0 Å². The first-order valence-corrected chi connectivity index (χ1v) is 13.0. The first-order valence-electron chi connectivity index (χ1n) is 12.4. The molecule has 2 heterocycles. The number of aromatic nitrogens is 2. The second kappa shape index (κ2) is 12.0. The van der Waals surface area contributed by atoms with Crippen LogP contribution in [0.25, 0.3) is 11.3 Å². The van der Waals surface area contributed by atoms with Crippen molar-refractivity contribution in [1.29, 1.82) is 5.26 Å². The molecular weight excluding hydrogens is 507 g/mol. The minimum absolute atomic E-state index is 0.00783. The number of nitriles is 1. The molecule has 10 heteroatoms. The minimum Gasteiger partial charge on any atom is -0.375 e. The minimum atomic E-state index is -0.730. The quantitative estimate of drug-likeness (QED) is 0.336. The monoisotopic (exact) mass is 537 g/mol. The molecule has 1 fully saturated rings. The van der Waals surface area contributed by atoms with E-state index in [4.69, 9.17) is 15.7 Å². The Morgan fingerprint density at radius 2 is 2.05 bits per heavy atom. The van der Waals surface area contributed by atoms with Crippen LogP contribution < -0.4 is 16.4 Å². The number of aryl methyl sites for hydroxylation is 1. The number of pyridine rings is 2. The molecule has 0 radical (unpaired) electrons. The molecule has 3 aromatic rings. The lowest BCUT2D eigenvalue weighted by atomic mass is 9.74. The average Bonchev–Trinajstić information content (AvgIpc) is 2.86. The molecule has 0 aliphatic heterocycles. The maximum absolute atomic E-state index is 14.7. The highest BCUT2D eigenvalue weighted by molar-refractivity contribution is 7.28. The number of ether oxygens (including phenoxy) is 1. The van der Waals surface area contributed by atoms with Crippen molar-refractivity contribution in [2.75, 3.05) is 11.9 Å². The lowest BCUT2D eigenvalue weighted by molar-refractivity contribution is -0.0198. The zero-order valence-electron chi connectivity index (χ0n) is 21.2. The summed E-state index contributed by atoms with van der Waals surface area (Å²) in [6.07, 6.45) is 4.80. The highest BCUT2D eigenvalue weighted by Gasteiger charge is 2.36. The molecule has 1 saturated carbocycles. The van der Waals surface area contributed by atoms with E-state index in [-0.39, 0.29) is 40.9 Å². The van der Waals surface area contributed by atoms with Crippen LogP contribution in [0.1, 0.15) is 53.7 Å². The number of nitrogens with one attached hydrogen (secondary N) is 1. The molecule has 1 aliphatic rings. The third kappa shape index (κ3) is 6.05. The van der Waals surface area contributed by atoms with Crippen LogP contribution in [0.5, 0.6) is 0 Å². The van der Waals surface area contributed by atoms with E-state index >= 15 is 0 Å². The molecule has 198 valence electrons. The van der Waals surface area contributed by atoms with E-state index < -0.39 is 17.5 Å². The van der Waals surface area contributed by atoms with Gasteiger partial charge in [-0.05, 0) is 72.3 Å². The van der Waals surface area contributed by atoms with Crippen LogP contribution in [0, 0.1) is 35.8 Å². The summed E-state index contributed by atoms with van der Waals surface area (Å²) in [6, 6.07) is 9.07. The van der Waals surface area contributed by atoms with Gasteiger partial charge in [0, 0.05) is 17.8 Å². The first kappa shape index (κ1) is 27.7. The van der Waals surface area contributed by atoms with Gasteiger partial charge in [-0.2, -0.15) is 5.26 Å². The molecule has 38 heavy (non-hydrogen) atoms. The molecular formula is C28H30F2N5O2P. The number of carbonyl (C=O) groups is 1. The summed E-state index contributed by atoms with van der Waals surface area (Å²) in [5, 5.41) is 12.1. The fourth-order valence-corrected chi connectivity index (χ4v) is 5.70. The second-order valence-electron chi connectivity index (χ2n) is 9.71. The van der Waals surface area contributed by atoms with Crippen molar-refractivity contribution in [1.82, 2.24) is 9.97 Å². The number of nitrogens with zero attached hydrogens (tertiary/aromatic N) is 3. The van der Waals surface area contributed by atoms with Crippen LogP contribution in [-0.4, -0.2) is 34.6 Å². The highest BCUT2D eigenvalue weighted by atomic mass is 31.0. The van der Waals surface area contributed by atoms with Crippen molar-refractivity contribution in [2.24, 2.45) is 11.7 Å². The number of hydrogen-bond donors (Lipinski definition) is 2. The molecule has 0 bridgehead atoms. The number of hydrogen-bond acceptors (Lipinski definition) is 6. The largest absolute Gasteiger partial charge is 0.375 e. The average molecular weight is 538 g/mol. The molecule has 0 spiro atoms. The van der Waals surface area contributed by atoms with Gasteiger partial charge < -0.3 is 15.8 Å². The Morgan fingerprint density at radius 1 is 1.26 bits per heavy atom. The molecule has 5 unspecified atom stereocenters. The lowest BCUT2D eigenvalue weighted by Crippen LogP contribution is -2.46. The summed E-state index contributed by atoms with van der Waals surface area (Å²) in [5.41, 5.74) is 8.23. The van der Waals surface area contributed by atoms with E-state index in [0.29, 0.717) is 36.0 Å². The first-order chi connectivity index (χ1) is 18.2. The standard InChI is InChI=1S/C28H30F2N5O2P/c1-15-10-20(30)25(24(38)11-15)26-19(29)4-5-22(34-26)28(36)35-23-14-33-8-6-18(23)17-12-16(2)27(21(32)13-17)37-9-3-7-31/h4-6,8,10-11,14,16-17,21,27H,3,9,12-13,32,38H2,1-2H3,(H,35,36). The number of nitrogens with two attached hydrogens (primary N) is 1. The fraction of sp³-hybridized carbons (Fsp3) is 0.357. The van der Waals surface area contributed by atoms with Gasteiger partial charge in [-0.15, -0.1) is 9.24 Å². The Bertz CT molecular complexity index is 1340. The number of carbonyl (C=O) groups excluding carboxylic acids is 1. The smallest absolute Gasteiger partial charge is 0.274 e. The van der Waals surface area contributed by atoms with Gasteiger partial charge in [0.15, 0.2) is 0 Å². The Labute approximate surface area is 223 Å². The number of benzene rings is 1. The molecule has 1 amide bonds. The molecule has 3 N–H and O–H groups in total. The Hall–Kier alpha value is -3.31. The van der Waals surface area contributed by atoms with Gasteiger partial charge >= 0.3 is 0 Å². The Morgan fingerprint density at radius 3 is 2.76 bits per heavy atom. The van der Waals surface area contributed by atoms with Gasteiger partial charge in [0.05, 0.1) is 37.1 Å². The lowest BCUT2D eigenvalue weighted by Gasteiger charge is -2.39. The van der Waals surface area contributed by atoms with Crippen LogP contribution >= 0.6 is 9.24 Å². The van der Waals surface area contributed by atoms with Crippen LogP contribution in [-0.2, 0) is 4.74 Å². The van der Waals surface area contributed by atoms with Gasteiger partial charge in [0.2, 0.25) is 0 Å². The Balaban J connectivity index is 1.56.